The smallest absolute Gasteiger partial charge is 0.191 e. The van der Waals surface area contributed by atoms with E-state index in [0.717, 1.165) is 29.8 Å². The van der Waals surface area contributed by atoms with E-state index in [1.54, 1.807) is 0 Å². The zero-order valence-corrected chi connectivity index (χ0v) is 13.7. The third kappa shape index (κ3) is 3.45. The van der Waals surface area contributed by atoms with E-state index in [0.29, 0.717) is 12.5 Å². The molecule has 0 saturated carbocycles. The van der Waals surface area contributed by atoms with Crippen molar-refractivity contribution in [2.45, 2.75) is 25.8 Å². The van der Waals surface area contributed by atoms with Crippen molar-refractivity contribution >= 4 is 40.9 Å². The number of nitrogens with zero attached hydrogens (tertiary/aromatic N) is 2. The van der Waals surface area contributed by atoms with Crippen molar-refractivity contribution in [2.24, 2.45) is 10.7 Å². The lowest BCUT2D eigenvalue weighted by Crippen LogP contribution is -2.40. The first-order valence-corrected chi connectivity index (χ1v) is 6.85. The summed E-state index contributed by atoms with van der Waals surface area (Å²) < 4.78 is 5.72. The lowest BCUT2D eigenvalue weighted by molar-refractivity contribution is 0.337. The number of rotatable bonds is 2. The van der Waals surface area contributed by atoms with Gasteiger partial charge < -0.3 is 15.1 Å². The molecular formula is C15H20IN3O. The van der Waals surface area contributed by atoms with Crippen molar-refractivity contribution in [3.63, 3.8) is 0 Å². The van der Waals surface area contributed by atoms with Crippen LogP contribution in [-0.4, -0.2) is 23.9 Å². The monoisotopic (exact) mass is 385 g/mol. The quantitative estimate of drug-likeness (QED) is 0.490. The molecule has 1 aromatic carbocycles. The number of likely N-dealkylation sites (tertiary alicyclic amines) is 1. The summed E-state index contributed by atoms with van der Waals surface area (Å²) in [5.41, 5.74) is 6.93. The van der Waals surface area contributed by atoms with Crippen LogP contribution in [0.15, 0.2) is 39.7 Å². The minimum Gasteiger partial charge on any atom is -0.459 e. The van der Waals surface area contributed by atoms with Gasteiger partial charge in [-0.1, -0.05) is 18.2 Å². The maximum Gasteiger partial charge on any atom is 0.191 e. The van der Waals surface area contributed by atoms with Gasteiger partial charge >= 0.3 is 0 Å². The molecule has 0 amide bonds. The molecule has 1 saturated heterocycles. The zero-order valence-electron chi connectivity index (χ0n) is 11.4. The maximum absolute atomic E-state index is 6.02. The fourth-order valence-corrected chi connectivity index (χ4v) is 2.50. The molecule has 0 spiro atoms. The Labute approximate surface area is 136 Å². The van der Waals surface area contributed by atoms with E-state index in [2.05, 4.69) is 9.89 Å². The molecule has 1 aromatic heterocycles. The second kappa shape index (κ2) is 6.97. The number of fused-ring (bicyclic) bond motifs is 1. The molecular weight excluding hydrogens is 365 g/mol. The maximum atomic E-state index is 6.02. The minimum absolute atomic E-state index is 0. The molecule has 2 heterocycles. The van der Waals surface area contributed by atoms with Crippen molar-refractivity contribution in [1.29, 1.82) is 0 Å². The van der Waals surface area contributed by atoms with E-state index in [9.17, 15) is 0 Å². The Balaban J connectivity index is 0.00000147. The average Bonchev–Trinajstić information content (AvgIpc) is 2.88. The fraction of sp³-hybridized carbons (Fsp3) is 0.400. The van der Waals surface area contributed by atoms with Gasteiger partial charge in [0.1, 0.15) is 17.9 Å². The van der Waals surface area contributed by atoms with Gasteiger partial charge in [0, 0.05) is 18.5 Å². The van der Waals surface area contributed by atoms with Crippen molar-refractivity contribution in [1.82, 2.24) is 4.90 Å². The molecule has 5 heteroatoms. The van der Waals surface area contributed by atoms with Crippen LogP contribution in [0.3, 0.4) is 0 Å². The zero-order chi connectivity index (χ0) is 13.1. The van der Waals surface area contributed by atoms with E-state index in [4.69, 9.17) is 10.2 Å². The number of aliphatic imine (C=N–C) groups is 1. The number of nitrogens with two attached hydrogens (primary N) is 1. The molecule has 0 aliphatic carbocycles. The van der Waals surface area contributed by atoms with Gasteiger partial charge in [-0.2, -0.15) is 0 Å². The highest BCUT2D eigenvalue weighted by Crippen LogP contribution is 2.19. The largest absolute Gasteiger partial charge is 0.459 e. The van der Waals surface area contributed by atoms with Gasteiger partial charge in [-0.3, -0.25) is 0 Å². The van der Waals surface area contributed by atoms with Gasteiger partial charge in [-0.25, -0.2) is 4.99 Å². The first-order valence-electron chi connectivity index (χ1n) is 6.85. The lowest BCUT2D eigenvalue weighted by atomic mass is 10.1. The number of piperidine rings is 1. The molecule has 2 N–H and O–H groups in total. The van der Waals surface area contributed by atoms with Crippen molar-refractivity contribution in [3.05, 3.63) is 36.1 Å². The minimum atomic E-state index is 0. The standard InChI is InChI=1S/C15H19N3O.HI/c16-15(18-8-4-1-5-9-18)17-11-13-10-12-6-2-3-7-14(12)19-13;/h2-3,6-7,10H,1,4-5,8-9,11H2,(H2,16,17);1H. The second-order valence-electron chi connectivity index (χ2n) is 4.97. The molecule has 0 bridgehead atoms. The van der Waals surface area contributed by atoms with Crippen LogP contribution < -0.4 is 5.73 Å². The van der Waals surface area contributed by atoms with E-state index in [1.165, 1.54) is 19.3 Å². The Bertz CT molecular complexity index is 555. The molecule has 0 atom stereocenters. The molecule has 0 unspecified atom stereocenters. The number of guanidine groups is 1. The highest BCUT2D eigenvalue weighted by molar-refractivity contribution is 14.0. The first kappa shape index (κ1) is 15.2. The van der Waals surface area contributed by atoms with Gasteiger partial charge in [0.25, 0.3) is 0 Å². The van der Waals surface area contributed by atoms with Crippen LogP contribution >= 0.6 is 24.0 Å². The summed E-state index contributed by atoms with van der Waals surface area (Å²) in [6.45, 7) is 2.56. The van der Waals surface area contributed by atoms with Crippen LogP contribution in [0.5, 0.6) is 0 Å². The molecule has 20 heavy (non-hydrogen) atoms. The molecule has 3 rings (SSSR count). The lowest BCUT2D eigenvalue weighted by Gasteiger charge is -2.27. The predicted octanol–water partition coefficient (Wildman–Crippen LogP) is 3.35. The van der Waals surface area contributed by atoms with E-state index in [1.807, 2.05) is 30.3 Å². The van der Waals surface area contributed by atoms with Gasteiger partial charge in [0.15, 0.2) is 5.96 Å². The Morgan fingerprint density at radius 3 is 2.70 bits per heavy atom. The number of hydrogen-bond acceptors (Lipinski definition) is 2. The number of halogens is 1. The second-order valence-corrected chi connectivity index (χ2v) is 4.97. The number of benzene rings is 1. The number of hydrogen-bond donors (Lipinski definition) is 1. The number of para-hydroxylation sites is 1. The summed E-state index contributed by atoms with van der Waals surface area (Å²) in [5, 5.41) is 1.12. The highest BCUT2D eigenvalue weighted by Gasteiger charge is 2.12. The molecule has 108 valence electrons. The van der Waals surface area contributed by atoms with E-state index < -0.39 is 0 Å². The summed E-state index contributed by atoms with van der Waals surface area (Å²) in [6.07, 6.45) is 3.72. The Morgan fingerprint density at radius 2 is 1.95 bits per heavy atom. The average molecular weight is 385 g/mol. The van der Waals surface area contributed by atoms with Crippen molar-refractivity contribution in [2.75, 3.05) is 13.1 Å². The molecule has 0 radical (unpaired) electrons. The summed E-state index contributed by atoms with van der Waals surface area (Å²) in [6, 6.07) is 10.0. The van der Waals surface area contributed by atoms with Crippen LogP contribution in [-0.2, 0) is 6.54 Å². The van der Waals surface area contributed by atoms with E-state index >= 15 is 0 Å². The van der Waals surface area contributed by atoms with Crippen LogP contribution in [0.4, 0.5) is 0 Å². The molecule has 4 nitrogen and oxygen atoms in total. The summed E-state index contributed by atoms with van der Waals surface area (Å²) in [4.78, 5) is 6.60. The normalized spacial score (nSPS) is 16.2. The molecule has 1 fully saturated rings. The van der Waals surface area contributed by atoms with Crippen LogP contribution in [0.1, 0.15) is 25.0 Å². The number of furan rings is 1. The Morgan fingerprint density at radius 1 is 1.20 bits per heavy atom. The predicted molar refractivity (Wildman–Crippen MR) is 92.4 cm³/mol. The third-order valence-corrected chi connectivity index (χ3v) is 3.55. The van der Waals surface area contributed by atoms with Gasteiger partial charge in [0.05, 0.1) is 0 Å². The van der Waals surface area contributed by atoms with Crippen LogP contribution in [0, 0.1) is 0 Å². The summed E-state index contributed by atoms with van der Waals surface area (Å²) in [5.74, 6) is 1.50. The van der Waals surface area contributed by atoms with Crippen LogP contribution in [0.2, 0.25) is 0 Å². The Kier molecular flexibility index (Phi) is 5.28. The molecule has 2 aromatic rings. The van der Waals surface area contributed by atoms with Gasteiger partial charge in [0.2, 0.25) is 0 Å². The van der Waals surface area contributed by atoms with Crippen molar-refractivity contribution in [3.8, 4) is 0 Å². The highest BCUT2D eigenvalue weighted by atomic mass is 127. The Hall–Kier alpha value is -1.24. The van der Waals surface area contributed by atoms with E-state index in [-0.39, 0.29) is 24.0 Å². The summed E-state index contributed by atoms with van der Waals surface area (Å²) in [7, 11) is 0. The molecule has 1 aliphatic rings. The summed E-state index contributed by atoms with van der Waals surface area (Å²) >= 11 is 0. The molecule has 1 aliphatic heterocycles. The topological polar surface area (TPSA) is 54.8 Å². The first-order chi connectivity index (χ1) is 9.33. The van der Waals surface area contributed by atoms with Crippen molar-refractivity contribution < 1.29 is 4.42 Å². The SMILES string of the molecule is I.NC(=NCc1cc2ccccc2o1)N1CCCCC1. The van der Waals surface area contributed by atoms with Gasteiger partial charge in [-0.15, -0.1) is 24.0 Å². The van der Waals surface area contributed by atoms with Gasteiger partial charge in [-0.05, 0) is 31.4 Å². The van der Waals surface area contributed by atoms with Crippen LogP contribution in [0.25, 0.3) is 11.0 Å². The third-order valence-electron chi connectivity index (χ3n) is 3.55. The fourth-order valence-electron chi connectivity index (χ4n) is 2.50.